The Bertz CT molecular complexity index is 1260. The van der Waals surface area contributed by atoms with Crippen LogP contribution in [0.3, 0.4) is 0 Å². The fourth-order valence-corrected chi connectivity index (χ4v) is 6.39. The molecule has 172 valence electrons. The maximum absolute atomic E-state index is 12.9. The number of carbonyl (C=O) groups is 3. The molecule has 2 amide bonds. The Labute approximate surface area is 203 Å². The molecule has 2 aliphatic heterocycles. The van der Waals surface area contributed by atoms with Crippen molar-refractivity contribution >= 4 is 41.3 Å². The van der Waals surface area contributed by atoms with Crippen LogP contribution in [0.15, 0.2) is 82.5 Å². The van der Waals surface area contributed by atoms with E-state index in [4.69, 9.17) is 0 Å². The second-order valence-corrected chi connectivity index (χ2v) is 10.0. The minimum atomic E-state index is -1.15. The van der Waals surface area contributed by atoms with Gasteiger partial charge in [0.05, 0.1) is 6.42 Å². The maximum Gasteiger partial charge on any atom is 0.353 e. The summed E-state index contributed by atoms with van der Waals surface area (Å²) in [7, 11) is 0. The molecule has 1 aromatic heterocycles. The van der Waals surface area contributed by atoms with Crippen molar-refractivity contribution in [2.75, 3.05) is 5.75 Å². The van der Waals surface area contributed by atoms with Crippen molar-refractivity contribution in [1.82, 2.24) is 20.2 Å². The van der Waals surface area contributed by atoms with Crippen LogP contribution >= 0.6 is 23.5 Å². The van der Waals surface area contributed by atoms with Gasteiger partial charge in [-0.25, -0.2) is 9.78 Å². The van der Waals surface area contributed by atoms with Crippen LogP contribution in [0.2, 0.25) is 0 Å². The molecule has 1 fully saturated rings. The van der Waals surface area contributed by atoms with Crippen molar-refractivity contribution in [3.63, 3.8) is 0 Å². The Morgan fingerprint density at radius 1 is 1.18 bits per heavy atom. The van der Waals surface area contributed by atoms with Gasteiger partial charge in [0.15, 0.2) is 0 Å². The smallest absolute Gasteiger partial charge is 0.353 e. The van der Waals surface area contributed by atoms with E-state index in [0.29, 0.717) is 10.7 Å². The van der Waals surface area contributed by atoms with Gasteiger partial charge in [0, 0.05) is 33.5 Å². The summed E-state index contributed by atoms with van der Waals surface area (Å²) in [4.78, 5) is 47.4. The molecule has 2 aliphatic rings. The number of fused-ring (bicyclic) bond motifs is 1. The number of nitrogens with zero attached hydrogens (tertiary/aromatic N) is 2. The first-order chi connectivity index (χ1) is 16.5. The monoisotopic (exact) mass is 492 g/mol. The van der Waals surface area contributed by atoms with Crippen LogP contribution < -0.4 is 5.32 Å². The lowest BCUT2D eigenvalue weighted by Crippen LogP contribution is -2.70. The lowest BCUT2D eigenvalue weighted by molar-refractivity contribution is -0.150. The predicted octanol–water partition coefficient (Wildman–Crippen LogP) is 3.11. The van der Waals surface area contributed by atoms with Crippen molar-refractivity contribution < 1.29 is 19.5 Å². The van der Waals surface area contributed by atoms with E-state index in [-0.39, 0.29) is 18.0 Å². The number of carbonyl (C=O) groups excluding carboxylic acids is 2. The first-order valence-corrected chi connectivity index (χ1v) is 12.4. The van der Waals surface area contributed by atoms with E-state index in [0.717, 1.165) is 21.8 Å². The third-order valence-electron chi connectivity index (χ3n) is 5.53. The summed E-state index contributed by atoms with van der Waals surface area (Å²) in [6.07, 6.45) is 3.59. The summed E-state index contributed by atoms with van der Waals surface area (Å²) in [6.45, 7) is 0. The predicted molar refractivity (Wildman–Crippen MR) is 130 cm³/mol. The molecule has 2 atom stereocenters. The van der Waals surface area contributed by atoms with Crippen LogP contribution in [0.5, 0.6) is 0 Å². The van der Waals surface area contributed by atoms with Gasteiger partial charge in [0.1, 0.15) is 22.9 Å². The fraction of sp³-hybridized carbons (Fsp3) is 0.167. The highest BCUT2D eigenvalue weighted by atomic mass is 32.2. The zero-order valence-electron chi connectivity index (χ0n) is 17.8. The molecular weight excluding hydrogens is 472 g/mol. The number of aliphatic carboxylic acids is 1. The van der Waals surface area contributed by atoms with Crippen LogP contribution in [0.1, 0.15) is 5.56 Å². The summed E-state index contributed by atoms with van der Waals surface area (Å²) in [5, 5.41) is 12.2. The van der Waals surface area contributed by atoms with Crippen molar-refractivity contribution in [1.29, 1.82) is 0 Å². The van der Waals surface area contributed by atoms with Crippen molar-refractivity contribution in [3.8, 4) is 11.4 Å². The lowest BCUT2D eigenvalue weighted by atomic mass is 10.0. The number of nitrogens with one attached hydrogen (secondary N) is 2. The molecule has 5 rings (SSSR count). The zero-order valence-corrected chi connectivity index (χ0v) is 19.4. The molecule has 1 saturated heterocycles. The van der Waals surface area contributed by atoms with E-state index in [1.165, 1.54) is 28.4 Å². The Kier molecular flexibility index (Phi) is 6.16. The maximum atomic E-state index is 12.9. The first kappa shape index (κ1) is 22.3. The normalized spacial score (nSPS) is 19.4. The topological polar surface area (TPSA) is 115 Å². The molecule has 0 unspecified atom stereocenters. The molecule has 0 bridgehead atoms. The minimum absolute atomic E-state index is 0.0116. The number of imidazole rings is 1. The number of carboxylic acids is 1. The number of aromatic nitrogens is 2. The molecule has 3 N–H and O–H groups in total. The second kappa shape index (κ2) is 9.40. The highest BCUT2D eigenvalue weighted by molar-refractivity contribution is 8.06. The Balaban J connectivity index is 1.29. The van der Waals surface area contributed by atoms with E-state index in [1.807, 2.05) is 54.6 Å². The number of hydrogen-bond donors (Lipinski definition) is 3. The summed E-state index contributed by atoms with van der Waals surface area (Å²) >= 11 is 2.79. The van der Waals surface area contributed by atoms with Crippen LogP contribution in [0.25, 0.3) is 11.4 Å². The van der Waals surface area contributed by atoms with Gasteiger partial charge in [0.2, 0.25) is 5.91 Å². The van der Waals surface area contributed by atoms with Gasteiger partial charge in [-0.2, -0.15) is 0 Å². The van der Waals surface area contributed by atoms with Gasteiger partial charge >= 0.3 is 5.97 Å². The molecule has 0 aliphatic carbocycles. The number of aromatic amines is 1. The fourth-order valence-electron chi connectivity index (χ4n) is 3.92. The summed E-state index contributed by atoms with van der Waals surface area (Å²) in [5.74, 6) is -0.622. The van der Waals surface area contributed by atoms with Gasteiger partial charge in [-0.3, -0.25) is 14.5 Å². The van der Waals surface area contributed by atoms with Gasteiger partial charge in [-0.05, 0) is 17.7 Å². The minimum Gasteiger partial charge on any atom is -0.477 e. The van der Waals surface area contributed by atoms with Gasteiger partial charge < -0.3 is 15.4 Å². The molecular formula is C24H20N4O4S2. The van der Waals surface area contributed by atoms with Gasteiger partial charge in [-0.1, -0.05) is 54.2 Å². The van der Waals surface area contributed by atoms with Crippen LogP contribution in [-0.4, -0.2) is 54.9 Å². The average molecular weight is 493 g/mol. The quantitative estimate of drug-likeness (QED) is 0.434. The van der Waals surface area contributed by atoms with E-state index in [9.17, 15) is 19.5 Å². The molecule has 34 heavy (non-hydrogen) atoms. The van der Waals surface area contributed by atoms with E-state index >= 15 is 0 Å². The molecule has 3 heterocycles. The molecule has 8 nitrogen and oxygen atoms in total. The first-order valence-electron chi connectivity index (χ1n) is 10.5. The van der Waals surface area contributed by atoms with Crippen LogP contribution in [0.4, 0.5) is 0 Å². The summed E-state index contributed by atoms with van der Waals surface area (Å²) < 4.78 is 0. The zero-order chi connectivity index (χ0) is 23.7. The second-order valence-electron chi connectivity index (χ2n) is 7.76. The van der Waals surface area contributed by atoms with Crippen LogP contribution in [-0.2, 0) is 20.8 Å². The highest BCUT2D eigenvalue weighted by Gasteiger charge is 2.54. The van der Waals surface area contributed by atoms with Gasteiger partial charge in [-0.15, -0.1) is 11.8 Å². The molecule has 0 spiro atoms. The molecule has 0 radical (unpaired) electrons. The number of β-lactam (4-membered cyclic amide) rings is 1. The number of H-pyrrole nitrogens is 1. The number of rotatable bonds is 7. The molecule has 10 heteroatoms. The molecule has 0 saturated carbocycles. The Morgan fingerprint density at radius 3 is 2.62 bits per heavy atom. The number of benzene rings is 2. The molecule has 2 aromatic carbocycles. The van der Waals surface area contributed by atoms with E-state index in [2.05, 4.69) is 15.3 Å². The largest absolute Gasteiger partial charge is 0.477 e. The van der Waals surface area contributed by atoms with E-state index < -0.39 is 23.3 Å². The number of hydrogen-bond acceptors (Lipinski definition) is 6. The van der Waals surface area contributed by atoms with E-state index in [1.54, 1.807) is 12.4 Å². The lowest BCUT2D eigenvalue weighted by Gasteiger charge is -2.49. The number of carboxylic acid groups (broad SMARTS) is 1. The Hall–Kier alpha value is -3.50. The number of amides is 2. The van der Waals surface area contributed by atoms with Crippen molar-refractivity contribution in [2.24, 2.45) is 0 Å². The van der Waals surface area contributed by atoms with Crippen LogP contribution in [0, 0.1) is 0 Å². The number of thioether (sulfide) groups is 2. The average Bonchev–Trinajstić information content (AvgIpc) is 3.38. The third-order valence-corrected chi connectivity index (χ3v) is 8.08. The Morgan fingerprint density at radius 2 is 1.94 bits per heavy atom. The standard InChI is InChI=1S/C24H20N4O4S2/c29-18(12-14-4-2-1-3-5-14)27-19-22(30)28-20(24(31)32)17(13-33-23(19)28)34-16-8-6-15(7-9-16)21-25-10-11-26-21/h1-11,19,23H,12-13H2,(H,25,26)(H,27,29)(H,31,32)/t19-,23-/m1/s1. The summed E-state index contributed by atoms with van der Waals surface area (Å²) in [6, 6.07) is 16.2. The van der Waals surface area contributed by atoms with Crippen molar-refractivity contribution in [2.45, 2.75) is 22.7 Å². The molecule has 3 aromatic rings. The summed E-state index contributed by atoms with van der Waals surface area (Å²) in [5.41, 5.74) is 1.76. The van der Waals surface area contributed by atoms with Gasteiger partial charge in [0.25, 0.3) is 5.91 Å². The highest BCUT2D eigenvalue weighted by Crippen LogP contribution is 2.45. The third kappa shape index (κ3) is 4.34. The SMILES string of the molecule is O=C(Cc1ccccc1)N[C@@H]1C(=O)N2C(C(=O)O)=C(Sc3ccc(-c4ncc[nH]4)cc3)CS[C@H]12. The van der Waals surface area contributed by atoms with Crippen molar-refractivity contribution in [3.05, 3.63) is 83.2 Å².